The predicted octanol–water partition coefficient (Wildman–Crippen LogP) is 29.4. The number of para-hydroxylation sites is 5. The van der Waals surface area contributed by atoms with Crippen molar-refractivity contribution in [3.05, 3.63) is 301 Å². The summed E-state index contributed by atoms with van der Waals surface area (Å²) >= 11 is 0. The Bertz CT molecular complexity index is 6970. The second-order valence-electron chi connectivity index (χ2n) is 43.3. The number of benzene rings is 6. The summed E-state index contributed by atoms with van der Waals surface area (Å²) in [4.78, 5) is 0. The summed E-state index contributed by atoms with van der Waals surface area (Å²) in [5.74, 6) is 5.85. The van der Waals surface area contributed by atoms with E-state index in [2.05, 4.69) is 194 Å². The largest absolute Gasteiger partial charge is 0.260 e. The van der Waals surface area contributed by atoms with Crippen molar-refractivity contribution in [2.75, 3.05) is 0 Å². The second kappa shape index (κ2) is 39.4. The summed E-state index contributed by atoms with van der Waals surface area (Å²) < 4.78 is 159. The third-order valence-corrected chi connectivity index (χ3v) is 36.1. The predicted molar refractivity (Wildman–Crippen MR) is 561 cm³/mol. The first kappa shape index (κ1) is 76.0. The molecular weight excluding hydrogens is 1650 g/mol. The Morgan fingerprint density at radius 3 is 0.794 bits per heavy atom. The molecule has 10 heterocycles. The van der Waals surface area contributed by atoms with E-state index in [9.17, 15) is 1.37 Å². The molecule has 712 valence electrons. The lowest BCUT2D eigenvalue weighted by Crippen LogP contribution is -2.64. The molecule has 13 aliphatic rings. The highest BCUT2D eigenvalue weighted by molar-refractivity contribution is 5.60. The first-order valence-electron chi connectivity index (χ1n) is 61.4. The molecule has 5 aliphatic heterocycles. The van der Waals surface area contributed by atoms with E-state index in [0.29, 0.717) is 64.7 Å². The van der Waals surface area contributed by atoms with E-state index in [1.165, 1.54) is 205 Å². The van der Waals surface area contributed by atoms with Gasteiger partial charge in [-0.2, -0.15) is 22.8 Å². The van der Waals surface area contributed by atoms with E-state index in [4.69, 9.17) is 20.6 Å². The van der Waals surface area contributed by atoms with Gasteiger partial charge in [0.15, 0.2) is 62.5 Å². The molecule has 10 nitrogen and oxygen atoms in total. The van der Waals surface area contributed by atoms with Gasteiger partial charge in [0.2, 0.25) is 0 Å². The van der Waals surface area contributed by atoms with E-state index < -0.39 is 45.8 Å². The van der Waals surface area contributed by atoms with Gasteiger partial charge in [-0.05, 0) is 256 Å². The monoisotopic (exact) mass is 1830 g/mol. The zero-order chi connectivity index (χ0) is 107. The highest BCUT2D eigenvalue weighted by atomic mass is 15.3. The highest BCUT2D eigenvalue weighted by Gasteiger charge is 2.60. The summed E-state index contributed by atoms with van der Waals surface area (Å²) in [6.45, 7) is 9.49. The molecule has 8 saturated carbocycles. The van der Waals surface area contributed by atoms with Crippen LogP contribution >= 0.6 is 0 Å². The van der Waals surface area contributed by atoms with Crippen LogP contribution in [0.3, 0.4) is 0 Å². The molecule has 3 atom stereocenters. The lowest BCUT2D eigenvalue weighted by molar-refractivity contribution is -0.771. The average molecular weight is 1830 g/mol. The molecule has 0 spiro atoms. The molecule has 24 rings (SSSR count). The van der Waals surface area contributed by atoms with Gasteiger partial charge < -0.3 is 0 Å². The van der Waals surface area contributed by atoms with Crippen molar-refractivity contribution in [2.24, 2.45) is 47.3 Å². The van der Waals surface area contributed by atoms with E-state index >= 15 is 0 Å². The number of rotatable bonds is 14. The van der Waals surface area contributed by atoms with E-state index in [0.717, 1.165) is 152 Å². The standard InChI is InChI=1S/C27H37N2.C27H31N2.C26H35N2.C25H33N2.C21H27N2/c2*1-20-12-10-11-17-25(20)28-21(2)26-18-19-27(29(26)22(28)3,23-13-6-4-7-14-23)24-15-8-5-9-16-24;1-19-11-7-10-16-24(19)27-20(2)25-17-18-26(28(25)21(27)3,23-14-8-9-15-23)22-12-5-4-6-13-22;1-18-10-4-9-15-23(18)26-19(2)24-16-17-25(27(24)20(26)3,21-11-5-6-12-21)22-13-7-8-14-22;1-15-9-7-8-12-19(15)22-16(2)20-13-14-21(23(20)17(22)3)18-10-5-4-6-11-18/h10-12,17-19,23-24H,4-9,13-16H2,1-3H3;4,6-7,10-14,17-19,24H,5,8-9,15-16H2,1-3H3;7,10-11,16-18,22-23H,4-6,8-9,12-15H2,1-3H3;4,9-10,15-17,21-22H,5-8,11-14H2,1-3H3;7-9,12-14,18,21H,4-6,10-11H2,1-3H3/q5*+1/i4*3D3;3D3,21D. The van der Waals surface area contributed by atoms with Crippen molar-refractivity contribution >= 4 is 30.4 Å². The molecule has 10 heteroatoms. The molecular formula is C126H163N10+5. The Kier molecular flexibility index (Phi) is 22.0. The molecule has 11 aromatic rings. The summed E-state index contributed by atoms with van der Waals surface area (Å²) in [7, 11) is 0. The summed E-state index contributed by atoms with van der Waals surface area (Å²) in [6.07, 6.45) is 67.4. The fraction of sp³-hybridized carbons (Fsp3) is 0.516. The molecule has 0 amide bonds. The molecule has 0 N–H and O–H groups in total. The van der Waals surface area contributed by atoms with Crippen molar-refractivity contribution in [3.8, 4) is 28.4 Å². The quantitative estimate of drug-likeness (QED) is 0.0974. The lowest BCUT2D eigenvalue weighted by atomic mass is 9.64. The van der Waals surface area contributed by atoms with Crippen molar-refractivity contribution < 1.29 is 44.8 Å². The number of hydrogen-bond acceptors (Lipinski definition) is 0. The maximum atomic E-state index is 9.32. The lowest BCUT2D eigenvalue weighted by Gasteiger charge is -2.44. The molecule has 0 bridgehead atoms. The molecule has 8 aliphatic carbocycles. The Morgan fingerprint density at radius 1 is 0.250 bits per heavy atom. The van der Waals surface area contributed by atoms with Crippen LogP contribution in [0.4, 0.5) is 0 Å². The fourth-order valence-electron chi connectivity index (χ4n) is 29.5. The highest BCUT2D eigenvalue weighted by Crippen LogP contribution is 2.55. The van der Waals surface area contributed by atoms with Gasteiger partial charge in [0.05, 0.1) is 1.37 Å². The maximum absolute atomic E-state index is 9.32. The van der Waals surface area contributed by atoms with Crippen LogP contribution in [0, 0.1) is 151 Å². The number of aryl methyl sites for hydroxylation is 5. The van der Waals surface area contributed by atoms with Gasteiger partial charge in [-0.3, -0.25) is 0 Å². The van der Waals surface area contributed by atoms with Crippen LogP contribution in [-0.2, 0) is 22.2 Å². The van der Waals surface area contributed by atoms with Gasteiger partial charge in [-0.25, -0.2) is 22.8 Å². The number of allylic oxidation sites excluding steroid dienone is 5. The Balaban J connectivity index is 0.000000115. The van der Waals surface area contributed by atoms with Crippen molar-refractivity contribution in [1.82, 2.24) is 22.8 Å². The zero-order valence-electron chi connectivity index (χ0n) is 99.5. The van der Waals surface area contributed by atoms with Crippen LogP contribution in [0.5, 0.6) is 0 Å². The Morgan fingerprint density at radius 2 is 0.493 bits per heavy atom. The van der Waals surface area contributed by atoms with Crippen LogP contribution < -0.4 is 22.8 Å². The SMILES string of the molecule is [2H]C([2H])([2H])c1n(-c2ccccc2C)c(C)c2[n+]1C(C1CCCC1)(C1CCCC1)C=C2.[2H]C([2H])([2H])c1n(-c2ccccc2C)c(C)c2[n+]1C(C1CCCCC1)(C1CCCC1)C=C2.[2H]C([2H])([2H])c1n(-c2ccccc2C)c(C)c2[n+]1C(C1CCCCC1)(C1CCCCC1)C=C2.[2H]C([2H])([2H])c1n(-c2ccccc2C)c(C)c2[n+]1C([2H])(C1CCCCC1)C=C2.[2H]C([2H])([2H])c1n(-c2ccccc2C)c(C)c2[n+]1C(c1ccccc1)(C1CCCCC1)C=C2. The third kappa shape index (κ3) is 16.0. The molecule has 5 aromatic heterocycles. The molecule has 0 radical (unpaired) electrons. The number of fused-ring (bicyclic) bond motifs is 5. The van der Waals surface area contributed by atoms with E-state index in [1.54, 1.807) is 4.57 Å². The normalized spacial score (nSPS) is 25.2. The number of imidazole rings is 5. The fourth-order valence-corrected chi connectivity index (χ4v) is 29.5. The average Bonchev–Trinajstić information content (AvgIpc) is 1.54. The van der Waals surface area contributed by atoms with Crippen LogP contribution in [0.1, 0.15) is 385 Å². The Labute approximate surface area is 840 Å². The molecule has 8 fully saturated rings. The summed E-state index contributed by atoms with van der Waals surface area (Å²) in [5, 5.41) is 0. The van der Waals surface area contributed by atoms with Gasteiger partial charge in [0.1, 0.15) is 51.1 Å². The van der Waals surface area contributed by atoms with Crippen LogP contribution in [-0.4, -0.2) is 22.8 Å². The van der Waals surface area contributed by atoms with Gasteiger partial charge in [0, 0.05) is 142 Å². The van der Waals surface area contributed by atoms with E-state index in [-0.39, 0.29) is 28.4 Å². The zero-order valence-corrected chi connectivity index (χ0v) is 83.5. The minimum Gasteiger partial charge on any atom is -0.221 e. The van der Waals surface area contributed by atoms with Crippen molar-refractivity contribution in [1.29, 1.82) is 0 Å². The summed E-state index contributed by atoms with van der Waals surface area (Å²) in [6, 6.07) is 50.0. The van der Waals surface area contributed by atoms with Crippen LogP contribution in [0.25, 0.3) is 58.8 Å². The van der Waals surface area contributed by atoms with Gasteiger partial charge in [0.25, 0.3) is 29.1 Å². The van der Waals surface area contributed by atoms with Gasteiger partial charge >= 0.3 is 0 Å². The molecule has 136 heavy (non-hydrogen) atoms. The van der Waals surface area contributed by atoms with Crippen molar-refractivity contribution in [3.63, 3.8) is 0 Å². The maximum Gasteiger partial charge on any atom is 0.260 e. The molecule has 6 aromatic carbocycles. The smallest absolute Gasteiger partial charge is 0.221 e. The second-order valence-corrected chi connectivity index (χ2v) is 43.3. The van der Waals surface area contributed by atoms with Crippen LogP contribution in [0.15, 0.2) is 182 Å². The van der Waals surface area contributed by atoms with Gasteiger partial charge in [-0.1, -0.05) is 256 Å². The first-order chi connectivity index (χ1) is 72.7. The molecule has 0 saturated heterocycles. The minimum atomic E-state index is -2.31. The van der Waals surface area contributed by atoms with Gasteiger partial charge in [-0.15, -0.1) is 0 Å². The minimum absolute atomic E-state index is 0.155. The van der Waals surface area contributed by atoms with Crippen LogP contribution in [0.2, 0.25) is 0 Å². The summed E-state index contributed by atoms with van der Waals surface area (Å²) in [5.41, 5.74) is 20.6. The number of hydrogen-bond donors (Lipinski definition) is 0. The first-order valence-corrected chi connectivity index (χ1v) is 53.4. The van der Waals surface area contributed by atoms with E-state index in [1.807, 2.05) is 129 Å². The van der Waals surface area contributed by atoms with Crippen molar-refractivity contribution in [2.45, 2.75) is 369 Å². The topological polar surface area (TPSA) is 44.0 Å². The third-order valence-electron chi connectivity index (χ3n) is 36.1. The number of aromatic nitrogens is 10. The molecule has 3 unspecified atom stereocenters. The Hall–Kier alpha value is -9.93. The number of nitrogens with zero attached hydrogens (tertiary/aromatic N) is 10.